The number of amides is 1. The van der Waals surface area contributed by atoms with Crippen LogP contribution in [0, 0.1) is 13.8 Å². The van der Waals surface area contributed by atoms with Crippen LogP contribution in [-0.2, 0) is 11.2 Å². The van der Waals surface area contributed by atoms with Gasteiger partial charge in [-0.15, -0.1) is 10.2 Å². The summed E-state index contributed by atoms with van der Waals surface area (Å²) in [6.07, 6.45) is 1.19. The number of hydrogen-bond donors (Lipinski definition) is 2. The topological polar surface area (TPSA) is 83.6 Å². The Kier molecular flexibility index (Phi) is 4.65. The maximum Gasteiger partial charge on any atom is 0.224 e. The third-order valence-corrected chi connectivity index (χ3v) is 3.89. The standard InChI is InChI=1S/C18H19N5O/c1-12-3-4-14(13(2)11-12)7-10-17(24)19-16-8-5-15(6-9-16)18-20-22-23-21-18/h3-6,8-9,11H,7,10H2,1-2H3,(H,19,24)(H,20,21,22,23). The molecule has 3 aromatic rings. The van der Waals surface area contributed by atoms with Crippen LogP contribution in [0.5, 0.6) is 0 Å². The maximum absolute atomic E-state index is 12.1. The van der Waals surface area contributed by atoms with Crippen LogP contribution in [0.2, 0.25) is 0 Å². The number of carbonyl (C=O) groups is 1. The van der Waals surface area contributed by atoms with Gasteiger partial charge in [-0.2, -0.15) is 5.21 Å². The van der Waals surface area contributed by atoms with Crippen molar-refractivity contribution in [3.8, 4) is 11.4 Å². The van der Waals surface area contributed by atoms with Gasteiger partial charge in [-0.25, -0.2) is 0 Å². The van der Waals surface area contributed by atoms with E-state index in [4.69, 9.17) is 0 Å². The van der Waals surface area contributed by atoms with Gasteiger partial charge in [0.25, 0.3) is 0 Å². The molecule has 1 aromatic heterocycles. The molecule has 0 saturated carbocycles. The van der Waals surface area contributed by atoms with E-state index < -0.39 is 0 Å². The number of benzene rings is 2. The van der Waals surface area contributed by atoms with Crippen LogP contribution in [0.1, 0.15) is 23.1 Å². The van der Waals surface area contributed by atoms with Crippen LogP contribution in [0.3, 0.4) is 0 Å². The average molecular weight is 321 g/mol. The Morgan fingerprint density at radius 3 is 2.58 bits per heavy atom. The Hall–Kier alpha value is -3.02. The zero-order valence-electron chi connectivity index (χ0n) is 13.7. The van der Waals surface area contributed by atoms with Crippen LogP contribution in [0.4, 0.5) is 5.69 Å². The fourth-order valence-electron chi connectivity index (χ4n) is 2.58. The number of aryl methyl sites for hydroxylation is 3. The molecule has 0 bridgehead atoms. The molecule has 3 rings (SSSR count). The number of hydrogen-bond acceptors (Lipinski definition) is 4. The summed E-state index contributed by atoms with van der Waals surface area (Å²) in [5.74, 6) is 0.532. The molecule has 0 saturated heterocycles. The molecule has 6 heteroatoms. The second-order valence-electron chi connectivity index (χ2n) is 5.79. The van der Waals surface area contributed by atoms with Gasteiger partial charge in [0.2, 0.25) is 11.7 Å². The van der Waals surface area contributed by atoms with Crippen molar-refractivity contribution in [3.63, 3.8) is 0 Å². The van der Waals surface area contributed by atoms with Crippen LogP contribution in [-0.4, -0.2) is 26.5 Å². The fourth-order valence-corrected chi connectivity index (χ4v) is 2.58. The molecule has 2 N–H and O–H groups in total. The van der Waals surface area contributed by atoms with Crippen LogP contribution >= 0.6 is 0 Å². The number of H-pyrrole nitrogens is 1. The number of nitrogens with one attached hydrogen (secondary N) is 2. The van der Waals surface area contributed by atoms with Gasteiger partial charge in [0.05, 0.1) is 0 Å². The molecule has 2 aromatic carbocycles. The van der Waals surface area contributed by atoms with Crippen molar-refractivity contribution in [3.05, 3.63) is 59.2 Å². The summed E-state index contributed by atoms with van der Waals surface area (Å²) in [5, 5.41) is 16.7. The van der Waals surface area contributed by atoms with Gasteiger partial charge in [-0.3, -0.25) is 4.79 Å². The number of aromatic nitrogens is 4. The van der Waals surface area contributed by atoms with Crippen LogP contribution < -0.4 is 5.32 Å². The summed E-state index contributed by atoms with van der Waals surface area (Å²) >= 11 is 0. The van der Waals surface area contributed by atoms with E-state index in [1.54, 1.807) is 0 Å². The van der Waals surface area contributed by atoms with E-state index >= 15 is 0 Å². The van der Waals surface area contributed by atoms with E-state index in [9.17, 15) is 4.79 Å². The minimum absolute atomic E-state index is 0.00212. The molecule has 122 valence electrons. The number of tetrazole rings is 1. The summed E-state index contributed by atoms with van der Waals surface area (Å²) in [5.41, 5.74) is 5.28. The molecule has 0 fully saturated rings. The molecular weight excluding hydrogens is 302 g/mol. The Labute approximate surface area is 140 Å². The SMILES string of the molecule is Cc1ccc(CCC(=O)Nc2ccc(-c3nn[nH]n3)cc2)c(C)c1. The highest BCUT2D eigenvalue weighted by Crippen LogP contribution is 2.17. The molecule has 0 radical (unpaired) electrons. The maximum atomic E-state index is 12.1. The first-order chi connectivity index (χ1) is 11.6. The minimum atomic E-state index is 0.00212. The molecule has 0 aliphatic carbocycles. The van der Waals surface area contributed by atoms with Gasteiger partial charge in [-0.05, 0) is 60.9 Å². The van der Waals surface area contributed by atoms with E-state index in [-0.39, 0.29) is 5.91 Å². The molecule has 0 atom stereocenters. The van der Waals surface area contributed by atoms with Crippen molar-refractivity contribution in [1.82, 2.24) is 20.6 Å². The van der Waals surface area contributed by atoms with E-state index in [0.29, 0.717) is 12.2 Å². The van der Waals surface area contributed by atoms with Crippen molar-refractivity contribution in [2.75, 3.05) is 5.32 Å². The molecule has 0 aliphatic rings. The highest BCUT2D eigenvalue weighted by atomic mass is 16.1. The number of rotatable bonds is 5. The van der Waals surface area contributed by atoms with Crippen LogP contribution in [0.25, 0.3) is 11.4 Å². The highest BCUT2D eigenvalue weighted by molar-refractivity contribution is 5.91. The lowest BCUT2D eigenvalue weighted by Gasteiger charge is -2.08. The largest absolute Gasteiger partial charge is 0.326 e. The molecule has 0 spiro atoms. The fraction of sp³-hybridized carbons (Fsp3) is 0.222. The van der Waals surface area contributed by atoms with Crippen molar-refractivity contribution in [2.24, 2.45) is 0 Å². The molecule has 0 aliphatic heterocycles. The summed E-state index contributed by atoms with van der Waals surface area (Å²) in [6, 6.07) is 13.7. The summed E-state index contributed by atoms with van der Waals surface area (Å²) in [7, 11) is 0. The number of carbonyl (C=O) groups excluding carboxylic acids is 1. The zero-order chi connectivity index (χ0) is 16.9. The van der Waals surface area contributed by atoms with Crippen LogP contribution in [0.15, 0.2) is 42.5 Å². The molecular formula is C18H19N5O. The smallest absolute Gasteiger partial charge is 0.224 e. The predicted octanol–water partition coefficient (Wildman–Crippen LogP) is 3.05. The minimum Gasteiger partial charge on any atom is -0.326 e. The quantitative estimate of drug-likeness (QED) is 0.756. The van der Waals surface area contributed by atoms with Gasteiger partial charge in [0.15, 0.2) is 0 Å². The number of anilines is 1. The van der Waals surface area contributed by atoms with Gasteiger partial charge in [-0.1, -0.05) is 23.8 Å². The predicted molar refractivity (Wildman–Crippen MR) is 92.5 cm³/mol. The first-order valence-electron chi connectivity index (χ1n) is 7.82. The van der Waals surface area contributed by atoms with E-state index in [1.165, 1.54) is 16.7 Å². The van der Waals surface area contributed by atoms with E-state index in [1.807, 2.05) is 24.3 Å². The van der Waals surface area contributed by atoms with Gasteiger partial charge in [0.1, 0.15) is 0 Å². The van der Waals surface area contributed by atoms with E-state index in [2.05, 4.69) is 58.0 Å². The molecule has 6 nitrogen and oxygen atoms in total. The van der Waals surface area contributed by atoms with Crippen molar-refractivity contribution >= 4 is 11.6 Å². The van der Waals surface area contributed by atoms with Gasteiger partial charge in [0, 0.05) is 17.7 Å². The lowest BCUT2D eigenvalue weighted by Crippen LogP contribution is -2.12. The summed E-state index contributed by atoms with van der Waals surface area (Å²) < 4.78 is 0. The third-order valence-electron chi connectivity index (χ3n) is 3.89. The second-order valence-corrected chi connectivity index (χ2v) is 5.79. The molecule has 24 heavy (non-hydrogen) atoms. The Morgan fingerprint density at radius 1 is 1.12 bits per heavy atom. The zero-order valence-corrected chi connectivity index (χ0v) is 13.7. The lowest BCUT2D eigenvalue weighted by atomic mass is 10.0. The summed E-state index contributed by atoms with van der Waals surface area (Å²) in [6.45, 7) is 4.15. The van der Waals surface area contributed by atoms with E-state index in [0.717, 1.165) is 17.7 Å². The van der Waals surface area contributed by atoms with Gasteiger partial charge >= 0.3 is 0 Å². The number of aromatic amines is 1. The molecule has 0 unspecified atom stereocenters. The second kappa shape index (κ2) is 7.04. The van der Waals surface area contributed by atoms with Crippen molar-refractivity contribution < 1.29 is 4.79 Å². The summed E-state index contributed by atoms with van der Waals surface area (Å²) in [4.78, 5) is 12.1. The molecule has 1 heterocycles. The highest BCUT2D eigenvalue weighted by Gasteiger charge is 2.07. The van der Waals surface area contributed by atoms with Crippen molar-refractivity contribution in [1.29, 1.82) is 0 Å². The first-order valence-corrected chi connectivity index (χ1v) is 7.82. The van der Waals surface area contributed by atoms with Gasteiger partial charge < -0.3 is 5.32 Å². The van der Waals surface area contributed by atoms with Crippen molar-refractivity contribution in [2.45, 2.75) is 26.7 Å². The average Bonchev–Trinajstić information content (AvgIpc) is 3.09. The lowest BCUT2D eigenvalue weighted by molar-refractivity contribution is -0.116. The third kappa shape index (κ3) is 3.84. The normalized spacial score (nSPS) is 10.6. The molecule has 1 amide bonds. The Balaban J connectivity index is 1.56. The first kappa shape index (κ1) is 15.9. The monoisotopic (exact) mass is 321 g/mol. The Bertz CT molecular complexity index is 825. The number of nitrogens with zero attached hydrogens (tertiary/aromatic N) is 3. The Morgan fingerprint density at radius 2 is 1.92 bits per heavy atom.